The normalized spacial score (nSPS) is 14.7. The van der Waals surface area contributed by atoms with Gasteiger partial charge in [0.25, 0.3) is 0 Å². The van der Waals surface area contributed by atoms with Crippen molar-refractivity contribution in [1.29, 1.82) is 0 Å². The molecular weight excluding hydrogens is 258 g/mol. The number of allylic oxidation sites excluding steroid dienone is 1. The van der Waals surface area contributed by atoms with E-state index in [1.807, 2.05) is 0 Å². The van der Waals surface area contributed by atoms with Crippen LogP contribution in [-0.4, -0.2) is 12.5 Å². The summed E-state index contributed by atoms with van der Waals surface area (Å²) < 4.78 is 0. The van der Waals surface area contributed by atoms with Crippen molar-refractivity contribution in [1.82, 2.24) is 5.32 Å². The number of rotatable bonds is 6. The van der Waals surface area contributed by atoms with Crippen molar-refractivity contribution in [2.45, 2.75) is 58.8 Å². The minimum absolute atomic E-state index is 0.171. The van der Waals surface area contributed by atoms with Crippen LogP contribution in [0.3, 0.4) is 0 Å². The van der Waals surface area contributed by atoms with Crippen molar-refractivity contribution < 1.29 is 4.79 Å². The predicted octanol–water partition coefficient (Wildman–Crippen LogP) is 4.24. The molecule has 0 aromatic heterocycles. The average molecular weight is 285 g/mol. The van der Waals surface area contributed by atoms with Crippen LogP contribution in [0, 0.1) is 13.8 Å². The Morgan fingerprint density at radius 2 is 2.00 bits per heavy atom. The standard InChI is InChI=1S/C19H27NO/c1-15-8-9-18(14-16(15)2)10-11-19(21)20-13-12-17-6-4-3-5-7-17/h6,8-9,14H,3-5,7,10-13H2,1-2H3,(H,20,21). The molecule has 2 rings (SSSR count). The predicted molar refractivity (Wildman–Crippen MR) is 88.4 cm³/mol. The summed E-state index contributed by atoms with van der Waals surface area (Å²) >= 11 is 0. The molecule has 0 radical (unpaired) electrons. The fourth-order valence-electron chi connectivity index (χ4n) is 2.80. The van der Waals surface area contributed by atoms with E-state index in [2.05, 4.69) is 43.4 Å². The molecule has 1 amide bonds. The van der Waals surface area contributed by atoms with Gasteiger partial charge in [-0.2, -0.15) is 0 Å². The summed E-state index contributed by atoms with van der Waals surface area (Å²) in [5.41, 5.74) is 5.39. The van der Waals surface area contributed by atoms with Gasteiger partial charge in [-0.25, -0.2) is 0 Å². The number of carbonyl (C=O) groups excluding carboxylic acids is 1. The molecule has 21 heavy (non-hydrogen) atoms. The molecule has 1 aromatic rings. The maximum atomic E-state index is 11.9. The van der Waals surface area contributed by atoms with Crippen LogP contribution in [0.5, 0.6) is 0 Å². The summed E-state index contributed by atoms with van der Waals surface area (Å²) in [5, 5.41) is 3.05. The summed E-state index contributed by atoms with van der Waals surface area (Å²) in [6.45, 7) is 5.03. The highest BCUT2D eigenvalue weighted by molar-refractivity contribution is 5.76. The lowest BCUT2D eigenvalue weighted by Gasteiger charge is -2.13. The van der Waals surface area contributed by atoms with E-state index in [4.69, 9.17) is 0 Å². The Balaban J connectivity index is 1.67. The number of benzene rings is 1. The SMILES string of the molecule is Cc1ccc(CCC(=O)NCCC2=CCCCC2)cc1C. The monoisotopic (exact) mass is 285 g/mol. The Kier molecular flexibility index (Phi) is 6.04. The minimum atomic E-state index is 0.171. The Bertz CT molecular complexity index is 516. The lowest BCUT2D eigenvalue weighted by molar-refractivity contribution is -0.121. The molecule has 0 unspecified atom stereocenters. The van der Waals surface area contributed by atoms with Gasteiger partial charge in [-0.15, -0.1) is 0 Å². The molecule has 0 saturated carbocycles. The number of hydrogen-bond donors (Lipinski definition) is 1. The largest absolute Gasteiger partial charge is 0.356 e. The Morgan fingerprint density at radius 3 is 2.71 bits per heavy atom. The third-order valence-corrected chi connectivity index (χ3v) is 4.37. The molecule has 114 valence electrons. The van der Waals surface area contributed by atoms with Gasteiger partial charge >= 0.3 is 0 Å². The topological polar surface area (TPSA) is 29.1 Å². The van der Waals surface area contributed by atoms with E-state index in [1.54, 1.807) is 0 Å². The first-order chi connectivity index (χ1) is 10.1. The van der Waals surface area contributed by atoms with Crippen LogP contribution >= 0.6 is 0 Å². The highest BCUT2D eigenvalue weighted by Gasteiger charge is 2.06. The van der Waals surface area contributed by atoms with Gasteiger partial charge in [0.1, 0.15) is 0 Å². The molecule has 2 nitrogen and oxygen atoms in total. The Morgan fingerprint density at radius 1 is 1.14 bits per heavy atom. The Labute approximate surface area is 128 Å². The molecule has 0 fully saturated rings. The molecular formula is C19H27NO. The van der Waals surface area contributed by atoms with E-state index >= 15 is 0 Å². The van der Waals surface area contributed by atoms with E-state index in [-0.39, 0.29) is 5.91 Å². The van der Waals surface area contributed by atoms with E-state index < -0.39 is 0 Å². The third-order valence-electron chi connectivity index (χ3n) is 4.37. The number of aryl methyl sites for hydroxylation is 3. The molecule has 0 atom stereocenters. The molecule has 2 heteroatoms. The second kappa shape index (κ2) is 8.02. The summed E-state index contributed by atoms with van der Waals surface area (Å²) in [5.74, 6) is 0.171. The fourth-order valence-corrected chi connectivity index (χ4v) is 2.80. The molecule has 1 N–H and O–H groups in total. The van der Waals surface area contributed by atoms with Crippen molar-refractivity contribution in [3.8, 4) is 0 Å². The van der Waals surface area contributed by atoms with Crippen molar-refractivity contribution >= 4 is 5.91 Å². The van der Waals surface area contributed by atoms with E-state index in [0.717, 1.165) is 19.4 Å². The van der Waals surface area contributed by atoms with Gasteiger partial charge in [0.2, 0.25) is 5.91 Å². The first-order valence-electron chi connectivity index (χ1n) is 8.16. The van der Waals surface area contributed by atoms with E-state index in [0.29, 0.717) is 6.42 Å². The average Bonchev–Trinajstić information content (AvgIpc) is 2.49. The van der Waals surface area contributed by atoms with E-state index in [9.17, 15) is 4.79 Å². The molecule has 1 aliphatic carbocycles. The zero-order chi connectivity index (χ0) is 15.1. The maximum absolute atomic E-state index is 11.9. The fraction of sp³-hybridized carbons (Fsp3) is 0.526. The Hall–Kier alpha value is -1.57. The van der Waals surface area contributed by atoms with Gasteiger partial charge in [0.05, 0.1) is 0 Å². The lowest BCUT2D eigenvalue weighted by atomic mass is 9.97. The zero-order valence-corrected chi connectivity index (χ0v) is 13.4. The molecule has 0 spiro atoms. The van der Waals surface area contributed by atoms with Gasteiger partial charge in [-0.3, -0.25) is 4.79 Å². The minimum Gasteiger partial charge on any atom is -0.356 e. The zero-order valence-electron chi connectivity index (χ0n) is 13.4. The second-order valence-electron chi connectivity index (χ2n) is 6.13. The maximum Gasteiger partial charge on any atom is 0.220 e. The summed E-state index contributed by atoms with van der Waals surface area (Å²) in [7, 11) is 0. The van der Waals surface area contributed by atoms with Gasteiger partial charge in [-0.05, 0) is 69.1 Å². The van der Waals surface area contributed by atoms with Gasteiger partial charge in [0, 0.05) is 13.0 Å². The van der Waals surface area contributed by atoms with Crippen LogP contribution in [0.15, 0.2) is 29.8 Å². The highest BCUT2D eigenvalue weighted by Crippen LogP contribution is 2.19. The van der Waals surface area contributed by atoms with Crippen LogP contribution in [0.2, 0.25) is 0 Å². The van der Waals surface area contributed by atoms with Crippen molar-refractivity contribution in [2.24, 2.45) is 0 Å². The number of carbonyl (C=O) groups is 1. The molecule has 1 aliphatic rings. The first kappa shape index (κ1) is 15.8. The molecule has 1 aromatic carbocycles. The molecule has 0 heterocycles. The third kappa shape index (κ3) is 5.37. The summed E-state index contributed by atoms with van der Waals surface area (Å²) in [4.78, 5) is 11.9. The number of nitrogens with one attached hydrogen (secondary N) is 1. The van der Waals surface area contributed by atoms with Crippen LogP contribution in [-0.2, 0) is 11.2 Å². The first-order valence-corrected chi connectivity index (χ1v) is 8.16. The van der Waals surface area contributed by atoms with Gasteiger partial charge in [-0.1, -0.05) is 29.8 Å². The summed E-state index contributed by atoms with van der Waals surface area (Å²) in [6, 6.07) is 6.45. The quantitative estimate of drug-likeness (QED) is 0.778. The van der Waals surface area contributed by atoms with Gasteiger partial charge in [0.15, 0.2) is 0 Å². The molecule has 0 saturated heterocycles. The number of hydrogen-bond acceptors (Lipinski definition) is 1. The van der Waals surface area contributed by atoms with Crippen molar-refractivity contribution in [3.05, 3.63) is 46.5 Å². The van der Waals surface area contributed by atoms with Crippen LogP contribution in [0.4, 0.5) is 0 Å². The van der Waals surface area contributed by atoms with Gasteiger partial charge < -0.3 is 5.32 Å². The van der Waals surface area contributed by atoms with Crippen molar-refractivity contribution in [2.75, 3.05) is 6.54 Å². The van der Waals surface area contributed by atoms with Crippen LogP contribution < -0.4 is 5.32 Å². The van der Waals surface area contributed by atoms with Crippen LogP contribution in [0.1, 0.15) is 55.2 Å². The lowest BCUT2D eigenvalue weighted by Crippen LogP contribution is -2.25. The van der Waals surface area contributed by atoms with Crippen LogP contribution in [0.25, 0.3) is 0 Å². The smallest absolute Gasteiger partial charge is 0.220 e. The van der Waals surface area contributed by atoms with E-state index in [1.165, 1.54) is 47.9 Å². The highest BCUT2D eigenvalue weighted by atomic mass is 16.1. The number of amides is 1. The second-order valence-corrected chi connectivity index (χ2v) is 6.13. The molecule has 0 aliphatic heterocycles. The summed E-state index contributed by atoms with van der Waals surface area (Å²) in [6.07, 6.45) is 9.87. The molecule has 0 bridgehead atoms. The van der Waals surface area contributed by atoms with Crippen molar-refractivity contribution in [3.63, 3.8) is 0 Å².